The second-order valence-electron chi connectivity index (χ2n) is 3.86. The minimum absolute atomic E-state index is 0.133. The van der Waals surface area contributed by atoms with Gasteiger partial charge in [-0.3, -0.25) is 0 Å². The lowest BCUT2D eigenvalue weighted by atomic mass is 10.1. The molecule has 0 saturated heterocycles. The standard InChI is InChI=1S/C10H16ClNO3S2/c1-8(5-7-13)4-6-12-17(14,15)10-3-2-9(11)16-10/h2-3,8,12-13H,4-7H2,1H3/t8-/m0/s1. The van der Waals surface area contributed by atoms with Gasteiger partial charge in [0.2, 0.25) is 10.0 Å². The van der Waals surface area contributed by atoms with Gasteiger partial charge in [0.05, 0.1) is 4.34 Å². The summed E-state index contributed by atoms with van der Waals surface area (Å²) in [5, 5.41) is 8.72. The topological polar surface area (TPSA) is 66.4 Å². The van der Waals surface area contributed by atoms with Gasteiger partial charge in [-0.25, -0.2) is 13.1 Å². The molecule has 0 aromatic carbocycles. The molecule has 0 amide bonds. The molecule has 1 aromatic rings. The number of halogens is 1. The van der Waals surface area contributed by atoms with E-state index in [1.54, 1.807) is 6.07 Å². The quantitative estimate of drug-likeness (QED) is 0.810. The zero-order valence-electron chi connectivity index (χ0n) is 9.52. The van der Waals surface area contributed by atoms with E-state index in [-0.39, 0.29) is 10.8 Å². The summed E-state index contributed by atoms with van der Waals surface area (Å²) in [6.07, 6.45) is 1.39. The number of hydrogen-bond donors (Lipinski definition) is 2. The average Bonchev–Trinajstić information content (AvgIpc) is 2.65. The fourth-order valence-electron chi connectivity index (χ4n) is 1.32. The van der Waals surface area contributed by atoms with E-state index in [0.29, 0.717) is 29.6 Å². The third-order valence-corrected chi connectivity index (χ3v) is 5.55. The number of aliphatic hydroxyl groups is 1. The van der Waals surface area contributed by atoms with Gasteiger partial charge in [0.25, 0.3) is 0 Å². The van der Waals surface area contributed by atoms with Gasteiger partial charge in [-0.1, -0.05) is 18.5 Å². The Morgan fingerprint density at radius 1 is 1.47 bits per heavy atom. The summed E-state index contributed by atoms with van der Waals surface area (Å²) < 4.78 is 26.8. The van der Waals surface area contributed by atoms with Gasteiger partial charge in [0.1, 0.15) is 4.21 Å². The highest BCUT2D eigenvalue weighted by molar-refractivity contribution is 7.91. The molecule has 0 aliphatic carbocycles. The van der Waals surface area contributed by atoms with Crippen LogP contribution >= 0.6 is 22.9 Å². The Morgan fingerprint density at radius 3 is 2.71 bits per heavy atom. The predicted molar refractivity (Wildman–Crippen MR) is 70.0 cm³/mol. The zero-order chi connectivity index (χ0) is 12.9. The Bertz CT molecular complexity index is 444. The molecule has 0 aliphatic rings. The summed E-state index contributed by atoms with van der Waals surface area (Å²) in [5.74, 6) is 0.301. The maximum absolute atomic E-state index is 11.8. The van der Waals surface area contributed by atoms with E-state index in [9.17, 15) is 8.42 Å². The highest BCUT2D eigenvalue weighted by Crippen LogP contribution is 2.25. The minimum atomic E-state index is -3.43. The van der Waals surface area contributed by atoms with Crippen LogP contribution in [0, 0.1) is 5.92 Å². The minimum Gasteiger partial charge on any atom is -0.396 e. The van der Waals surface area contributed by atoms with E-state index >= 15 is 0 Å². The highest BCUT2D eigenvalue weighted by atomic mass is 35.5. The number of rotatable bonds is 7. The van der Waals surface area contributed by atoms with Gasteiger partial charge >= 0.3 is 0 Å². The maximum Gasteiger partial charge on any atom is 0.250 e. The molecule has 0 radical (unpaired) electrons. The van der Waals surface area contributed by atoms with Crippen molar-refractivity contribution in [2.45, 2.75) is 24.0 Å². The molecule has 0 aliphatic heterocycles. The van der Waals surface area contributed by atoms with Crippen LogP contribution in [0.1, 0.15) is 19.8 Å². The Kier molecular flexibility index (Phi) is 5.88. The molecule has 1 heterocycles. The lowest BCUT2D eigenvalue weighted by Crippen LogP contribution is -2.25. The van der Waals surface area contributed by atoms with Crippen molar-refractivity contribution in [3.05, 3.63) is 16.5 Å². The monoisotopic (exact) mass is 297 g/mol. The molecule has 1 aromatic heterocycles. The SMILES string of the molecule is C[C@H](CCO)CCNS(=O)(=O)c1ccc(Cl)s1. The van der Waals surface area contributed by atoms with Crippen LogP contribution in [0.3, 0.4) is 0 Å². The Hall–Kier alpha value is -0.140. The molecule has 0 saturated carbocycles. The van der Waals surface area contributed by atoms with Crippen molar-refractivity contribution in [1.29, 1.82) is 0 Å². The van der Waals surface area contributed by atoms with Crippen molar-refractivity contribution in [3.63, 3.8) is 0 Å². The van der Waals surface area contributed by atoms with Gasteiger partial charge in [0.15, 0.2) is 0 Å². The van der Waals surface area contributed by atoms with E-state index in [2.05, 4.69) is 4.72 Å². The van der Waals surface area contributed by atoms with Crippen molar-refractivity contribution >= 4 is 33.0 Å². The molecule has 0 spiro atoms. The first kappa shape index (κ1) is 14.9. The summed E-state index contributed by atoms with van der Waals surface area (Å²) in [6.45, 7) is 2.49. The van der Waals surface area contributed by atoms with Gasteiger partial charge in [-0.2, -0.15) is 0 Å². The number of sulfonamides is 1. The molecular weight excluding hydrogens is 282 g/mol. The molecule has 7 heteroatoms. The molecule has 98 valence electrons. The molecule has 17 heavy (non-hydrogen) atoms. The summed E-state index contributed by atoms with van der Waals surface area (Å²) in [4.78, 5) is 0. The second-order valence-corrected chi connectivity index (χ2v) is 7.57. The molecule has 2 N–H and O–H groups in total. The van der Waals surface area contributed by atoms with Crippen molar-refractivity contribution in [1.82, 2.24) is 4.72 Å². The smallest absolute Gasteiger partial charge is 0.250 e. The van der Waals surface area contributed by atoms with E-state index < -0.39 is 10.0 Å². The lowest BCUT2D eigenvalue weighted by Gasteiger charge is -2.09. The highest BCUT2D eigenvalue weighted by Gasteiger charge is 2.16. The second kappa shape index (κ2) is 6.70. The maximum atomic E-state index is 11.8. The third-order valence-electron chi connectivity index (χ3n) is 2.36. The van der Waals surface area contributed by atoms with Gasteiger partial charge < -0.3 is 5.11 Å². The Morgan fingerprint density at radius 2 is 2.18 bits per heavy atom. The van der Waals surface area contributed by atoms with Gasteiger partial charge in [0, 0.05) is 13.2 Å². The first-order valence-corrected chi connectivity index (χ1v) is 7.99. The Labute approximate surface area is 111 Å². The normalized spacial score (nSPS) is 13.8. The lowest BCUT2D eigenvalue weighted by molar-refractivity contribution is 0.259. The third kappa shape index (κ3) is 4.93. The number of thiophene rings is 1. The largest absolute Gasteiger partial charge is 0.396 e. The fraction of sp³-hybridized carbons (Fsp3) is 0.600. The average molecular weight is 298 g/mol. The molecule has 0 fully saturated rings. The summed E-state index contributed by atoms with van der Waals surface area (Å²) in [5.41, 5.74) is 0. The van der Waals surface area contributed by atoms with Crippen molar-refractivity contribution in [2.75, 3.05) is 13.2 Å². The van der Waals surface area contributed by atoms with Gasteiger partial charge in [-0.15, -0.1) is 11.3 Å². The van der Waals surface area contributed by atoms with E-state index in [4.69, 9.17) is 16.7 Å². The molecule has 0 unspecified atom stereocenters. The predicted octanol–water partition coefficient (Wildman–Crippen LogP) is 2.09. The van der Waals surface area contributed by atoms with Crippen LogP contribution in [0.4, 0.5) is 0 Å². The van der Waals surface area contributed by atoms with Crippen molar-refractivity contribution in [3.8, 4) is 0 Å². The number of aliphatic hydroxyl groups excluding tert-OH is 1. The van der Waals surface area contributed by atoms with Crippen LogP contribution < -0.4 is 4.72 Å². The van der Waals surface area contributed by atoms with E-state index in [1.807, 2.05) is 6.92 Å². The molecule has 4 nitrogen and oxygen atoms in total. The van der Waals surface area contributed by atoms with Crippen LogP contribution in [-0.2, 0) is 10.0 Å². The molecular formula is C10H16ClNO3S2. The summed E-state index contributed by atoms with van der Waals surface area (Å²) in [6, 6.07) is 3.06. The zero-order valence-corrected chi connectivity index (χ0v) is 11.9. The van der Waals surface area contributed by atoms with Crippen molar-refractivity contribution < 1.29 is 13.5 Å². The van der Waals surface area contributed by atoms with Crippen LogP contribution in [-0.4, -0.2) is 26.7 Å². The van der Waals surface area contributed by atoms with Crippen LogP contribution in [0.5, 0.6) is 0 Å². The first-order chi connectivity index (χ1) is 7.95. The molecule has 0 bridgehead atoms. The number of hydrogen-bond acceptors (Lipinski definition) is 4. The van der Waals surface area contributed by atoms with E-state index in [0.717, 1.165) is 11.3 Å². The Balaban J connectivity index is 2.46. The van der Waals surface area contributed by atoms with Crippen LogP contribution in [0.25, 0.3) is 0 Å². The fourth-order valence-corrected chi connectivity index (χ4v) is 3.89. The van der Waals surface area contributed by atoms with Crippen LogP contribution in [0.15, 0.2) is 16.3 Å². The van der Waals surface area contributed by atoms with Crippen LogP contribution in [0.2, 0.25) is 4.34 Å². The summed E-state index contributed by atoms with van der Waals surface area (Å²) in [7, 11) is -3.43. The first-order valence-electron chi connectivity index (χ1n) is 5.31. The van der Waals surface area contributed by atoms with Gasteiger partial charge in [-0.05, 0) is 30.9 Å². The van der Waals surface area contributed by atoms with E-state index in [1.165, 1.54) is 6.07 Å². The summed E-state index contributed by atoms with van der Waals surface area (Å²) >= 11 is 6.73. The molecule has 1 atom stereocenters. The number of nitrogens with one attached hydrogen (secondary N) is 1. The van der Waals surface area contributed by atoms with Crippen molar-refractivity contribution in [2.24, 2.45) is 5.92 Å². The molecule has 1 rings (SSSR count).